The van der Waals surface area contributed by atoms with Gasteiger partial charge >= 0.3 is 0 Å². The van der Waals surface area contributed by atoms with Gasteiger partial charge in [0.25, 0.3) is 5.91 Å². The Morgan fingerprint density at radius 3 is 3.06 bits per heavy atom. The van der Waals surface area contributed by atoms with E-state index in [0.29, 0.717) is 12.5 Å². The summed E-state index contributed by atoms with van der Waals surface area (Å²) in [6.45, 7) is 2.43. The van der Waals surface area contributed by atoms with Crippen LogP contribution in [0.4, 0.5) is 4.39 Å². The van der Waals surface area contributed by atoms with E-state index in [1.807, 2.05) is 0 Å². The van der Waals surface area contributed by atoms with Crippen molar-refractivity contribution in [2.24, 2.45) is 5.92 Å². The topological polar surface area (TPSA) is 32.3 Å². The summed E-state index contributed by atoms with van der Waals surface area (Å²) in [5.41, 5.74) is 0.00622. The van der Waals surface area contributed by atoms with Crippen molar-refractivity contribution in [3.05, 3.63) is 34.6 Å². The van der Waals surface area contributed by atoms with Crippen molar-refractivity contribution in [2.75, 3.05) is 19.6 Å². The Hall–Kier alpha value is -1.13. The average molecular weight is 269 g/mol. The summed E-state index contributed by atoms with van der Waals surface area (Å²) < 4.78 is 13.8. The van der Waals surface area contributed by atoms with Crippen LogP contribution in [0.25, 0.3) is 0 Å². The van der Waals surface area contributed by atoms with Crippen molar-refractivity contribution >= 4 is 17.5 Å². The Morgan fingerprint density at radius 2 is 2.28 bits per heavy atom. The van der Waals surface area contributed by atoms with Crippen LogP contribution in [-0.2, 0) is 0 Å². The SMILES string of the molecule is O=C(c1c(F)cccc1Cl)N1CC[C@H]2CNC[C@H]21. The molecule has 0 unspecified atom stereocenters. The first-order valence-corrected chi connectivity index (χ1v) is 6.52. The summed E-state index contributed by atoms with van der Waals surface area (Å²) >= 11 is 5.94. The molecule has 0 saturated carbocycles. The molecule has 1 aromatic rings. The van der Waals surface area contributed by atoms with E-state index in [2.05, 4.69) is 5.32 Å². The van der Waals surface area contributed by atoms with Gasteiger partial charge in [-0.05, 0) is 24.5 Å². The maximum atomic E-state index is 13.8. The van der Waals surface area contributed by atoms with Gasteiger partial charge in [0.1, 0.15) is 5.82 Å². The highest BCUT2D eigenvalue weighted by atomic mass is 35.5. The van der Waals surface area contributed by atoms with Gasteiger partial charge in [-0.3, -0.25) is 4.79 Å². The van der Waals surface area contributed by atoms with E-state index in [4.69, 9.17) is 11.6 Å². The van der Waals surface area contributed by atoms with Crippen LogP contribution < -0.4 is 5.32 Å². The number of nitrogens with one attached hydrogen (secondary N) is 1. The number of hydrogen-bond acceptors (Lipinski definition) is 2. The molecule has 1 amide bonds. The first kappa shape index (κ1) is 11.9. The number of halogens is 2. The molecular formula is C13H14ClFN2O. The summed E-state index contributed by atoms with van der Waals surface area (Å²) in [4.78, 5) is 14.2. The molecule has 5 heteroatoms. The predicted molar refractivity (Wildman–Crippen MR) is 67.2 cm³/mol. The lowest BCUT2D eigenvalue weighted by Crippen LogP contribution is -2.39. The molecule has 1 N–H and O–H groups in total. The van der Waals surface area contributed by atoms with Crippen LogP contribution in [0.1, 0.15) is 16.8 Å². The van der Waals surface area contributed by atoms with Crippen molar-refractivity contribution in [1.29, 1.82) is 0 Å². The van der Waals surface area contributed by atoms with Crippen molar-refractivity contribution in [3.8, 4) is 0 Å². The highest BCUT2D eigenvalue weighted by Gasteiger charge is 2.41. The third kappa shape index (κ3) is 1.80. The second kappa shape index (κ2) is 4.52. The molecule has 1 aromatic carbocycles. The van der Waals surface area contributed by atoms with Crippen LogP contribution in [0.3, 0.4) is 0 Å². The molecule has 2 saturated heterocycles. The summed E-state index contributed by atoms with van der Waals surface area (Å²) in [5.74, 6) is -0.323. The fourth-order valence-electron chi connectivity index (χ4n) is 2.95. The molecule has 2 aliphatic rings. The quantitative estimate of drug-likeness (QED) is 0.844. The smallest absolute Gasteiger partial charge is 0.258 e. The standard InChI is InChI=1S/C13H14ClFN2O/c14-9-2-1-3-10(15)12(9)13(18)17-5-4-8-6-16-7-11(8)17/h1-3,8,11,16H,4-7H2/t8-,11+/m0/s1. The molecule has 0 aliphatic carbocycles. The largest absolute Gasteiger partial charge is 0.334 e. The number of amides is 1. The molecule has 3 nitrogen and oxygen atoms in total. The zero-order valence-corrected chi connectivity index (χ0v) is 10.6. The first-order chi connectivity index (χ1) is 8.68. The molecule has 0 radical (unpaired) electrons. The third-order valence-electron chi connectivity index (χ3n) is 3.88. The van der Waals surface area contributed by atoms with E-state index in [0.717, 1.165) is 19.5 Å². The zero-order chi connectivity index (χ0) is 12.7. The van der Waals surface area contributed by atoms with Crippen molar-refractivity contribution in [3.63, 3.8) is 0 Å². The van der Waals surface area contributed by atoms with E-state index < -0.39 is 5.82 Å². The number of carbonyl (C=O) groups excluding carboxylic acids is 1. The van der Waals surface area contributed by atoms with Gasteiger partial charge in [0.05, 0.1) is 10.6 Å². The highest BCUT2D eigenvalue weighted by Crippen LogP contribution is 2.30. The maximum absolute atomic E-state index is 13.8. The molecular weight excluding hydrogens is 255 g/mol. The van der Waals surface area contributed by atoms with E-state index in [1.54, 1.807) is 11.0 Å². The number of nitrogens with zero attached hydrogens (tertiary/aromatic N) is 1. The maximum Gasteiger partial charge on any atom is 0.258 e. The number of rotatable bonds is 1. The lowest BCUT2D eigenvalue weighted by atomic mass is 10.0. The van der Waals surface area contributed by atoms with Crippen molar-refractivity contribution in [2.45, 2.75) is 12.5 Å². The molecule has 2 aliphatic heterocycles. The van der Waals surface area contributed by atoms with Gasteiger partial charge in [0.15, 0.2) is 0 Å². The predicted octanol–water partition coefficient (Wildman–Crippen LogP) is 1.91. The Labute approximate surface area is 110 Å². The molecule has 2 atom stereocenters. The van der Waals surface area contributed by atoms with Gasteiger partial charge < -0.3 is 10.2 Å². The van der Waals surface area contributed by atoms with Crippen LogP contribution in [-0.4, -0.2) is 36.5 Å². The van der Waals surface area contributed by atoms with Crippen LogP contribution in [0.5, 0.6) is 0 Å². The summed E-state index contributed by atoms with van der Waals surface area (Å²) in [6, 6.07) is 4.53. The summed E-state index contributed by atoms with van der Waals surface area (Å²) in [6.07, 6.45) is 0.982. The van der Waals surface area contributed by atoms with Gasteiger partial charge in [0, 0.05) is 25.7 Å². The zero-order valence-electron chi connectivity index (χ0n) is 9.83. The number of hydrogen-bond donors (Lipinski definition) is 1. The fourth-order valence-corrected chi connectivity index (χ4v) is 3.19. The lowest BCUT2D eigenvalue weighted by molar-refractivity contribution is 0.0732. The van der Waals surface area contributed by atoms with Crippen molar-refractivity contribution in [1.82, 2.24) is 10.2 Å². The van der Waals surface area contributed by atoms with Gasteiger partial charge in [-0.2, -0.15) is 0 Å². The number of carbonyl (C=O) groups is 1. The van der Waals surface area contributed by atoms with Gasteiger partial charge in [-0.1, -0.05) is 17.7 Å². The number of fused-ring (bicyclic) bond motifs is 1. The van der Waals surface area contributed by atoms with E-state index >= 15 is 0 Å². The molecule has 0 spiro atoms. The molecule has 18 heavy (non-hydrogen) atoms. The van der Waals surface area contributed by atoms with Crippen LogP contribution >= 0.6 is 11.6 Å². The third-order valence-corrected chi connectivity index (χ3v) is 4.20. The highest BCUT2D eigenvalue weighted by molar-refractivity contribution is 6.33. The molecule has 0 aromatic heterocycles. The monoisotopic (exact) mass is 268 g/mol. The van der Waals surface area contributed by atoms with Gasteiger partial charge in [-0.25, -0.2) is 4.39 Å². The average Bonchev–Trinajstić information content (AvgIpc) is 2.89. The molecule has 2 heterocycles. The normalized spacial score (nSPS) is 26.4. The Kier molecular flexibility index (Phi) is 2.99. The molecule has 96 valence electrons. The van der Waals surface area contributed by atoms with E-state index in [-0.39, 0.29) is 22.5 Å². The Bertz CT molecular complexity index is 474. The first-order valence-electron chi connectivity index (χ1n) is 6.14. The minimum atomic E-state index is -0.540. The van der Waals surface area contributed by atoms with Crippen LogP contribution in [0.15, 0.2) is 18.2 Å². The van der Waals surface area contributed by atoms with Gasteiger partial charge in [-0.15, -0.1) is 0 Å². The van der Waals surface area contributed by atoms with E-state index in [9.17, 15) is 9.18 Å². The number of likely N-dealkylation sites (tertiary alicyclic amines) is 1. The minimum Gasteiger partial charge on any atom is -0.334 e. The summed E-state index contributed by atoms with van der Waals surface area (Å²) in [5, 5.41) is 3.46. The molecule has 0 bridgehead atoms. The minimum absolute atomic E-state index is 0.00622. The summed E-state index contributed by atoms with van der Waals surface area (Å²) in [7, 11) is 0. The molecule has 3 rings (SSSR count). The lowest BCUT2D eigenvalue weighted by Gasteiger charge is -2.24. The second-order valence-corrected chi connectivity index (χ2v) is 5.28. The van der Waals surface area contributed by atoms with Gasteiger partial charge in [0.2, 0.25) is 0 Å². The Morgan fingerprint density at radius 1 is 1.44 bits per heavy atom. The van der Waals surface area contributed by atoms with Crippen molar-refractivity contribution < 1.29 is 9.18 Å². The van der Waals surface area contributed by atoms with Crippen LogP contribution in [0, 0.1) is 11.7 Å². The molecule has 2 fully saturated rings. The van der Waals surface area contributed by atoms with Crippen LogP contribution in [0.2, 0.25) is 5.02 Å². The Balaban J connectivity index is 1.91. The second-order valence-electron chi connectivity index (χ2n) is 4.87. The van der Waals surface area contributed by atoms with E-state index in [1.165, 1.54) is 12.1 Å². The fraction of sp³-hybridized carbons (Fsp3) is 0.462. The number of benzene rings is 1.